The molecule has 10 heavy (non-hydrogen) atoms. The van der Waals surface area contributed by atoms with E-state index >= 15 is 0 Å². The maximum atomic E-state index is 5.04. The maximum absolute atomic E-state index is 5.04. The molecule has 0 aromatic rings. The smallest absolute Gasteiger partial charge is 0.124 e. The van der Waals surface area contributed by atoms with Gasteiger partial charge >= 0.3 is 0 Å². The maximum Gasteiger partial charge on any atom is 0.124 e. The summed E-state index contributed by atoms with van der Waals surface area (Å²) in [6.07, 6.45) is 7.47. The first-order valence-electron chi connectivity index (χ1n) is 3.29. The van der Waals surface area contributed by atoms with Gasteiger partial charge in [0.05, 0.1) is 0 Å². The quantitative estimate of drug-likeness (QED) is 0.524. The highest BCUT2D eigenvalue weighted by molar-refractivity contribution is 5.18. The minimum atomic E-state index is 0.154. The minimum Gasteiger partial charge on any atom is -0.443 e. The minimum absolute atomic E-state index is 0.154. The van der Waals surface area contributed by atoms with Gasteiger partial charge in [0.1, 0.15) is 12.2 Å². The fourth-order valence-corrected chi connectivity index (χ4v) is 0.288. The molecule has 0 bridgehead atoms. The second-order valence-electron chi connectivity index (χ2n) is 2.44. The molecule has 0 aromatic heterocycles. The first kappa shape index (κ1) is 8.92. The van der Waals surface area contributed by atoms with Gasteiger partial charge in [0.15, 0.2) is 0 Å². The fraction of sp³-hybridized carbons (Fsp3) is 0.556. The van der Waals surface area contributed by atoms with Gasteiger partial charge in [-0.05, 0) is 18.8 Å². The normalized spacial score (nSPS) is 11.1. The Morgan fingerprint density at radius 2 is 1.90 bits per heavy atom. The Hall–Kier alpha value is -1.08. The summed E-state index contributed by atoms with van der Waals surface area (Å²) in [5, 5.41) is 0. The lowest BCUT2D eigenvalue weighted by atomic mass is 10.1. The van der Waals surface area contributed by atoms with Crippen molar-refractivity contribution >= 4 is 0 Å². The van der Waals surface area contributed by atoms with Crippen LogP contribution >= 0.6 is 0 Å². The monoisotopic (exact) mass is 136 g/mol. The van der Waals surface area contributed by atoms with Gasteiger partial charge < -0.3 is 4.74 Å². The predicted molar refractivity (Wildman–Crippen MR) is 42.0 cm³/mol. The Labute approximate surface area is 62.8 Å². The molecule has 0 rings (SSSR count). The average molecular weight is 136 g/mol. The van der Waals surface area contributed by atoms with Crippen LogP contribution in [0.25, 0.3) is 0 Å². The van der Waals surface area contributed by atoms with Gasteiger partial charge in [0, 0.05) is 5.92 Å². The van der Waals surface area contributed by atoms with Crippen molar-refractivity contribution in [1.82, 2.24) is 0 Å². The van der Waals surface area contributed by atoms with Crippen LogP contribution in [0.5, 0.6) is 0 Å². The zero-order chi connectivity index (χ0) is 7.98. The first-order chi connectivity index (χ1) is 4.68. The van der Waals surface area contributed by atoms with Crippen LogP contribution in [-0.2, 0) is 4.74 Å². The van der Waals surface area contributed by atoms with Crippen molar-refractivity contribution < 1.29 is 4.74 Å². The summed E-state index contributed by atoms with van der Waals surface area (Å²) in [7, 11) is 0. The van der Waals surface area contributed by atoms with Crippen molar-refractivity contribution in [3.8, 4) is 24.4 Å². The van der Waals surface area contributed by atoms with E-state index in [0.717, 1.165) is 0 Å². The summed E-state index contributed by atoms with van der Waals surface area (Å²) in [6.45, 7) is 6.11. The summed E-state index contributed by atoms with van der Waals surface area (Å²) < 4.78 is 5.04. The molecule has 54 valence electrons. The second-order valence-corrected chi connectivity index (χ2v) is 2.44. The molecule has 0 fully saturated rings. The zero-order valence-corrected chi connectivity index (χ0v) is 6.64. The lowest BCUT2D eigenvalue weighted by molar-refractivity contribution is 0.138. The van der Waals surface area contributed by atoms with E-state index < -0.39 is 0 Å². The molecule has 0 aliphatic carbocycles. The Kier molecular flexibility index (Phi) is 4.25. The lowest BCUT2D eigenvalue weighted by Crippen LogP contribution is -2.11. The van der Waals surface area contributed by atoms with Crippen molar-refractivity contribution in [2.24, 2.45) is 5.92 Å². The van der Waals surface area contributed by atoms with Gasteiger partial charge in [-0.25, -0.2) is 0 Å². The van der Waals surface area contributed by atoms with Crippen LogP contribution in [0.2, 0.25) is 0 Å². The summed E-state index contributed by atoms with van der Waals surface area (Å²) in [6, 6.07) is 0. The molecule has 0 aromatic carbocycles. The van der Waals surface area contributed by atoms with E-state index in [1.165, 1.54) is 0 Å². The van der Waals surface area contributed by atoms with Gasteiger partial charge in [-0.15, -0.1) is 6.42 Å². The van der Waals surface area contributed by atoms with E-state index in [1.54, 1.807) is 0 Å². The molecule has 1 unspecified atom stereocenters. The number of hydrogen-bond donors (Lipinski definition) is 0. The molecular formula is C9H12O. The Morgan fingerprint density at radius 1 is 1.30 bits per heavy atom. The van der Waals surface area contributed by atoms with Gasteiger partial charge in [-0.3, -0.25) is 0 Å². The van der Waals surface area contributed by atoms with Crippen LogP contribution in [0.4, 0.5) is 0 Å². The second kappa shape index (κ2) is 4.77. The van der Waals surface area contributed by atoms with Crippen LogP contribution in [0, 0.1) is 30.3 Å². The molecule has 0 spiro atoms. The Balaban J connectivity index is 3.61. The average Bonchev–Trinajstić information content (AvgIpc) is 1.88. The van der Waals surface area contributed by atoms with Gasteiger partial charge in [0.25, 0.3) is 0 Å². The van der Waals surface area contributed by atoms with Gasteiger partial charge in [0.2, 0.25) is 0 Å². The van der Waals surface area contributed by atoms with Crippen LogP contribution in [-0.4, -0.2) is 6.10 Å². The van der Waals surface area contributed by atoms with E-state index in [-0.39, 0.29) is 6.10 Å². The van der Waals surface area contributed by atoms with E-state index in [0.29, 0.717) is 5.92 Å². The summed E-state index contributed by atoms with van der Waals surface area (Å²) in [5.41, 5.74) is 0. The third kappa shape index (κ3) is 3.87. The third-order valence-corrected chi connectivity index (χ3v) is 1.31. The van der Waals surface area contributed by atoms with Crippen LogP contribution in [0.3, 0.4) is 0 Å². The lowest BCUT2D eigenvalue weighted by Gasteiger charge is -2.11. The molecule has 0 aliphatic heterocycles. The highest BCUT2D eigenvalue weighted by Gasteiger charge is 2.04. The van der Waals surface area contributed by atoms with E-state index in [9.17, 15) is 0 Å². The largest absolute Gasteiger partial charge is 0.443 e. The first-order valence-corrected chi connectivity index (χ1v) is 3.29. The fourth-order valence-electron chi connectivity index (χ4n) is 0.288. The topological polar surface area (TPSA) is 9.23 Å². The molecule has 1 heteroatoms. The van der Waals surface area contributed by atoms with Gasteiger partial charge in [-0.2, -0.15) is 0 Å². The molecule has 0 N–H and O–H groups in total. The number of terminal acetylenes is 1. The van der Waals surface area contributed by atoms with Crippen molar-refractivity contribution in [1.29, 1.82) is 0 Å². The molecule has 0 saturated heterocycles. The Bertz CT molecular complexity index is 175. The summed E-state index contributed by atoms with van der Waals surface area (Å²) >= 11 is 0. The van der Waals surface area contributed by atoms with E-state index in [2.05, 4.69) is 31.8 Å². The molecule has 0 radical (unpaired) electrons. The van der Waals surface area contributed by atoms with Gasteiger partial charge in [-0.1, -0.05) is 13.8 Å². The third-order valence-electron chi connectivity index (χ3n) is 1.31. The highest BCUT2D eigenvalue weighted by Crippen LogP contribution is 2.03. The SMILES string of the molecule is C#CC#COC(C)C(C)C. The van der Waals surface area contributed by atoms with Crippen molar-refractivity contribution in [3.63, 3.8) is 0 Å². The zero-order valence-electron chi connectivity index (χ0n) is 6.64. The van der Waals surface area contributed by atoms with Crippen molar-refractivity contribution in [3.05, 3.63) is 0 Å². The summed E-state index contributed by atoms with van der Waals surface area (Å²) in [4.78, 5) is 0. The molecule has 0 saturated carbocycles. The summed E-state index contributed by atoms with van der Waals surface area (Å²) in [5.74, 6) is 5.04. The van der Waals surface area contributed by atoms with Crippen LogP contribution in [0.15, 0.2) is 0 Å². The molecule has 0 aliphatic rings. The molecule has 1 nitrogen and oxygen atoms in total. The van der Waals surface area contributed by atoms with E-state index in [1.807, 2.05) is 6.92 Å². The molecule has 1 atom stereocenters. The van der Waals surface area contributed by atoms with Crippen LogP contribution < -0.4 is 0 Å². The molecular weight excluding hydrogens is 124 g/mol. The molecule has 0 heterocycles. The standard InChI is InChI=1S/C9H12O/c1-5-6-7-10-9(4)8(2)3/h1,8-9H,2-4H3. The number of rotatable bonds is 2. The number of ether oxygens (including phenoxy) is 1. The van der Waals surface area contributed by atoms with Crippen molar-refractivity contribution in [2.45, 2.75) is 26.9 Å². The van der Waals surface area contributed by atoms with Crippen molar-refractivity contribution in [2.75, 3.05) is 0 Å². The van der Waals surface area contributed by atoms with E-state index in [4.69, 9.17) is 11.2 Å². The molecule has 0 amide bonds. The number of hydrogen-bond acceptors (Lipinski definition) is 1. The Morgan fingerprint density at radius 3 is 2.30 bits per heavy atom. The van der Waals surface area contributed by atoms with Crippen LogP contribution in [0.1, 0.15) is 20.8 Å². The predicted octanol–water partition coefficient (Wildman–Crippen LogP) is 1.64. The highest BCUT2D eigenvalue weighted by atomic mass is 16.5.